The monoisotopic (exact) mass is 297 g/mol. The van der Waals surface area contributed by atoms with E-state index in [0.29, 0.717) is 0 Å². The number of benzene rings is 1. The van der Waals surface area contributed by atoms with Crippen molar-refractivity contribution in [2.75, 3.05) is 32.2 Å². The number of hydrogen-bond donors (Lipinski definition) is 1. The van der Waals surface area contributed by atoms with Crippen molar-refractivity contribution >= 4 is 14.2 Å². The summed E-state index contributed by atoms with van der Waals surface area (Å²) >= 11 is 0. The average molecular weight is 297 g/mol. The Balaban J connectivity index is 2.31. The third kappa shape index (κ3) is 5.94. The zero-order valence-electron chi connectivity index (χ0n) is 13.1. The molecule has 0 aliphatic heterocycles. The zero-order chi connectivity index (χ0) is 14.8. The maximum absolute atomic E-state index is 5.82. The average Bonchev–Trinajstić information content (AvgIpc) is 2.45. The Bertz CT molecular complexity index is 364. The molecule has 0 saturated carbocycles. The molecule has 1 rings (SSSR count). The summed E-state index contributed by atoms with van der Waals surface area (Å²) in [5.41, 5.74) is 1.11. The van der Waals surface area contributed by atoms with Crippen LogP contribution < -0.4 is 10.1 Å². The summed E-state index contributed by atoms with van der Waals surface area (Å²) in [6.45, 7) is 8.59. The maximum Gasteiger partial charge on any atom is 0.334 e. The van der Waals surface area contributed by atoms with Crippen molar-refractivity contribution < 1.29 is 13.6 Å². The van der Waals surface area contributed by atoms with Crippen LogP contribution in [0.5, 0.6) is 5.75 Å². The summed E-state index contributed by atoms with van der Waals surface area (Å²) in [6, 6.07) is 8.99. The van der Waals surface area contributed by atoms with E-state index in [0.717, 1.165) is 43.7 Å². The second-order valence-electron chi connectivity index (χ2n) is 4.76. The fourth-order valence-corrected chi connectivity index (χ4v) is 4.56. The van der Waals surface area contributed by atoms with Gasteiger partial charge in [0.1, 0.15) is 5.75 Å². The first-order chi connectivity index (χ1) is 9.63. The van der Waals surface area contributed by atoms with Crippen molar-refractivity contribution in [2.24, 2.45) is 0 Å². The second-order valence-corrected chi connectivity index (χ2v) is 8.10. The van der Waals surface area contributed by atoms with Gasteiger partial charge in [0.05, 0.1) is 7.11 Å². The van der Waals surface area contributed by atoms with Gasteiger partial charge >= 0.3 is 8.56 Å². The smallest absolute Gasteiger partial charge is 0.334 e. The molecule has 20 heavy (non-hydrogen) atoms. The quantitative estimate of drug-likeness (QED) is 0.528. The van der Waals surface area contributed by atoms with Crippen LogP contribution in [0.4, 0.5) is 5.69 Å². The molecule has 4 nitrogen and oxygen atoms in total. The first kappa shape index (κ1) is 17.0. The molecule has 0 unspecified atom stereocenters. The van der Waals surface area contributed by atoms with Crippen LogP contribution >= 0.6 is 0 Å². The van der Waals surface area contributed by atoms with E-state index in [1.807, 2.05) is 38.1 Å². The van der Waals surface area contributed by atoms with Crippen LogP contribution in [0, 0.1) is 0 Å². The van der Waals surface area contributed by atoms with Crippen molar-refractivity contribution in [3.05, 3.63) is 24.3 Å². The van der Waals surface area contributed by atoms with Crippen molar-refractivity contribution in [1.82, 2.24) is 0 Å². The normalized spacial score (nSPS) is 11.4. The van der Waals surface area contributed by atoms with Gasteiger partial charge in [0.15, 0.2) is 0 Å². The topological polar surface area (TPSA) is 39.7 Å². The highest BCUT2D eigenvalue weighted by Crippen LogP contribution is 2.18. The minimum Gasteiger partial charge on any atom is -0.497 e. The van der Waals surface area contributed by atoms with Crippen molar-refractivity contribution in [3.8, 4) is 5.75 Å². The van der Waals surface area contributed by atoms with Crippen LogP contribution in [0.3, 0.4) is 0 Å². The molecule has 0 radical (unpaired) electrons. The highest BCUT2D eigenvalue weighted by atomic mass is 28.4. The molecule has 0 atom stereocenters. The molecule has 5 heteroatoms. The summed E-state index contributed by atoms with van der Waals surface area (Å²) < 4.78 is 16.8. The molecule has 0 spiro atoms. The predicted octanol–water partition coefficient (Wildman–Crippen LogP) is 3.64. The summed E-state index contributed by atoms with van der Waals surface area (Å²) in [5, 5.41) is 3.41. The molecular formula is C15H27NO3Si. The van der Waals surface area contributed by atoms with E-state index in [9.17, 15) is 0 Å². The molecule has 0 amide bonds. The van der Waals surface area contributed by atoms with Crippen LogP contribution in [-0.4, -0.2) is 35.4 Å². The van der Waals surface area contributed by atoms with Gasteiger partial charge in [0.2, 0.25) is 0 Å². The Morgan fingerprint density at radius 3 is 2.15 bits per heavy atom. The molecule has 114 valence electrons. The van der Waals surface area contributed by atoms with Crippen LogP contribution in [0.25, 0.3) is 0 Å². The summed E-state index contributed by atoms with van der Waals surface area (Å²) in [7, 11) is -0.286. The van der Waals surface area contributed by atoms with E-state index in [1.54, 1.807) is 7.11 Å². The molecule has 0 aliphatic carbocycles. The van der Waals surface area contributed by atoms with E-state index < -0.39 is 8.56 Å². The molecule has 0 aliphatic rings. The van der Waals surface area contributed by atoms with Gasteiger partial charge in [0.25, 0.3) is 0 Å². The molecule has 0 aromatic heterocycles. The van der Waals surface area contributed by atoms with Gasteiger partial charge in [0, 0.05) is 25.4 Å². The summed E-state index contributed by atoms with van der Waals surface area (Å²) in [6.07, 6.45) is 1.05. The largest absolute Gasteiger partial charge is 0.497 e. The standard InChI is InChI=1S/C15H27NO3Si/c1-5-18-20(4,19-6-2)13-7-12-16-14-8-10-15(17-3)11-9-14/h8-11,16H,5-7,12-13H2,1-4H3. The lowest BCUT2D eigenvalue weighted by Gasteiger charge is -2.26. The summed E-state index contributed by atoms with van der Waals surface area (Å²) in [5.74, 6) is 0.878. The Hall–Kier alpha value is -1.04. The Labute approximate surface area is 123 Å². The first-order valence-corrected chi connectivity index (χ1v) is 9.81. The number of anilines is 1. The third-order valence-electron chi connectivity index (χ3n) is 3.13. The number of rotatable bonds is 10. The number of hydrogen-bond acceptors (Lipinski definition) is 4. The first-order valence-electron chi connectivity index (χ1n) is 7.29. The molecule has 1 N–H and O–H groups in total. The predicted molar refractivity (Wildman–Crippen MR) is 85.8 cm³/mol. The molecule has 0 heterocycles. The molecule has 0 bridgehead atoms. The summed E-state index contributed by atoms with van der Waals surface area (Å²) in [4.78, 5) is 0. The van der Waals surface area contributed by atoms with Crippen molar-refractivity contribution in [3.63, 3.8) is 0 Å². The molecule has 0 fully saturated rings. The van der Waals surface area contributed by atoms with E-state index in [4.69, 9.17) is 13.6 Å². The van der Waals surface area contributed by atoms with E-state index >= 15 is 0 Å². The molecule has 0 saturated heterocycles. The fourth-order valence-electron chi connectivity index (χ4n) is 2.15. The van der Waals surface area contributed by atoms with Gasteiger partial charge in [-0.3, -0.25) is 0 Å². The van der Waals surface area contributed by atoms with Gasteiger partial charge in [-0.05, 0) is 57.1 Å². The lowest BCUT2D eigenvalue weighted by Crippen LogP contribution is -2.39. The van der Waals surface area contributed by atoms with E-state index in [2.05, 4.69) is 11.9 Å². The van der Waals surface area contributed by atoms with Crippen LogP contribution in [0.2, 0.25) is 12.6 Å². The molecular weight excluding hydrogens is 270 g/mol. The van der Waals surface area contributed by atoms with Gasteiger partial charge in [-0.15, -0.1) is 0 Å². The van der Waals surface area contributed by atoms with Gasteiger partial charge < -0.3 is 18.9 Å². The van der Waals surface area contributed by atoms with E-state index in [1.165, 1.54) is 0 Å². The molecule has 1 aromatic carbocycles. The van der Waals surface area contributed by atoms with Crippen LogP contribution in [0.15, 0.2) is 24.3 Å². The number of nitrogens with one attached hydrogen (secondary N) is 1. The van der Waals surface area contributed by atoms with Crippen molar-refractivity contribution in [2.45, 2.75) is 32.9 Å². The Morgan fingerprint density at radius 2 is 1.65 bits per heavy atom. The minimum absolute atomic E-state index is 0.731. The maximum atomic E-state index is 5.82. The second kappa shape index (κ2) is 9.00. The van der Waals surface area contributed by atoms with Gasteiger partial charge in [-0.2, -0.15) is 0 Å². The van der Waals surface area contributed by atoms with Crippen LogP contribution in [0.1, 0.15) is 20.3 Å². The highest BCUT2D eigenvalue weighted by Gasteiger charge is 2.29. The zero-order valence-corrected chi connectivity index (χ0v) is 14.1. The van der Waals surface area contributed by atoms with Crippen molar-refractivity contribution in [1.29, 1.82) is 0 Å². The van der Waals surface area contributed by atoms with Gasteiger partial charge in [-0.1, -0.05) is 0 Å². The Morgan fingerprint density at radius 1 is 1.05 bits per heavy atom. The molecule has 1 aromatic rings. The van der Waals surface area contributed by atoms with E-state index in [-0.39, 0.29) is 0 Å². The Kier molecular flexibility index (Phi) is 7.65. The highest BCUT2D eigenvalue weighted by molar-refractivity contribution is 6.66. The van der Waals surface area contributed by atoms with Crippen LogP contribution in [-0.2, 0) is 8.85 Å². The fraction of sp³-hybridized carbons (Fsp3) is 0.600. The van der Waals surface area contributed by atoms with Gasteiger partial charge in [-0.25, -0.2) is 0 Å². The minimum atomic E-state index is -1.96. The SMILES string of the molecule is CCO[Si](C)(CCCNc1ccc(OC)cc1)OCC. The lowest BCUT2D eigenvalue weighted by molar-refractivity contribution is 0.188. The number of ether oxygens (including phenoxy) is 1. The third-order valence-corrected chi connectivity index (χ3v) is 6.19. The lowest BCUT2D eigenvalue weighted by atomic mass is 10.3. The number of methoxy groups -OCH3 is 1.